The van der Waals surface area contributed by atoms with E-state index in [1.165, 1.54) is 15.8 Å². The van der Waals surface area contributed by atoms with Crippen LogP contribution in [0.5, 0.6) is 5.75 Å². The van der Waals surface area contributed by atoms with Crippen molar-refractivity contribution in [1.29, 1.82) is 0 Å². The molecule has 6 nitrogen and oxygen atoms in total. The third-order valence-electron chi connectivity index (χ3n) is 5.58. The molecule has 182 valence electrons. The number of carbonyl (C=O) groups is 1. The molecule has 3 aromatic carbocycles. The zero-order valence-corrected chi connectivity index (χ0v) is 20.9. The quantitative estimate of drug-likeness (QED) is 0.306. The normalized spacial score (nSPS) is 11.7. The van der Waals surface area contributed by atoms with E-state index in [-0.39, 0.29) is 0 Å². The molecule has 0 aliphatic rings. The van der Waals surface area contributed by atoms with Crippen molar-refractivity contribution >= 4 is 17.0 Å². The van der Waals surface area contributed by atoms with Gasteiger partial charge < -0.3 is 9.47 Å². The largest absolute Gasteiger partial charge is 0.492 e. The Kier molecular flexibility index (Phi) is 7.51. The Balaban J connectivity index is 1.46. The molecule has 35 heavy (non-hydrogen) atoms. The molecule has 0 fully saturated rings. The molecule has 6 heteroatoms. The van der Waals surface area contributed by atoms with Crippen molar-refractivity contribution in [2.45, 2.75) is 46.4 Å². The summed E-state index contributed by atoms with van der Waals surface area (Å²) in [5, 5.41) is 5.30. The first-order valence-electron chi connectivity index (χ1n) is 11.9. The minimum Gasteiger partial charge on any atom is -0.492 e. The van der Waals surface area contributed by atoms with Gasteiger partial charge in [0.05, 0.1) is 11.2 Å². The van der Waals surface area contributed by atoms with Crippen LogP contribution in [0, 0.1) is 6.92 Å². The summed E-state index contributed by atoms with van der Waals surface area (Å²) in [7, 11) is 0. The van der Waals surface area contributed by atoms with Gasteiger partial charge in [-0.15, -0.1) is 0 Å². The number of benzene rings is 3. The lowest BCUT2D eigenvalue weighted by Gasteiger charge is -2.23. The fourth-order valence-electron chi connectivity index (χ4n) is 3.97. The molecule has 0 aliphatic heterocycles. The molecule has 0 saturated carbocycles. The van der Waals surface area contributed by atoms with Crippen molar-refractivity contribution in [2.75, 3.05) is 13.2 Å². The summed E-state index contributed by atoms with van der Waals surface area (Å²) >= 11 is 0. The third-order valence-corrected chi connectivity index (χ3v) is 5.58. The van der Waals surface area contributed by atoms with Crippen LogP contribution in [-0.2, 0) is 17.8 Å². The third kappa shape index (κ3) is 6.70. The van der Waals surface area contributed by atoms with Crippen LogP contribution < -0.4 is 4.74 Å². The maximum Gasteiger partial charge on any atom is 0.435 e. The van der Waals surface area contributed by atoms with Gasteiger partial charge in [0.15, 0.2) is 0 Å². The predicted octanol–water partition coefficient (Wildman–Crippen LogP) is 6.21. The maximum absolute atomic E-state index is 12.7. The van der Waals surface area contributed by atoms with Crippen molar-refractivity contribution in [3.05, 3.63) is 95.7 Å². The molecule has 4 aromatic rings. The molecular weight excluding hydrogens is 438 g/mol. The summed E-state index contributed by atoms with van der Waals surface area (Å²) in [6.07, 6.45) is -0.496. The molecule has 1 aromatic heterocycles. The average molecular weight is 472 g/mol. The van der Waals surface area contributed by atoms with E-state index in [2.05, 4.69) is 58.5 Å². The van der Waals surface area contributed by atoms with Crippen LogP contribution in [0.25, 0.3) is 10.9 Å². The molecule has 0 bridgehead atoms. The van der Waals surface area contributed by atoms with Gasteiger partial charge in [-0.1, -0.05) is 60.7 Å². The van der Waals surface area contributed by atoms with E-state index in [9.17, 15) is 4.79 Å². The Morgan fingerprint density at radius 2 is 1.51 bits per heavy atom. The van der Waals surface area contributed by atoms with Crippen LogP contribution in [0.4, 0.5) is 4.79 Å². The lowest BCUT2D eigenvalue weighted by atomic mass is 10.1. The molecule has 0 atom stereocenters. The number of aryl methyl sites for hydroxylation is 1. The summed E-state index contributed by atoms with van der Waals surface area (Å²) in [4.78, 5) is 15.1. The van der Waals surface area contributed by atoms with Crippen LogP contribution in [0.1, 0.15) is 37.6 Å². The fraction of sp³-hybridized carbons (Fsp3) is 0.310. The zero-order chi connectivity index (χ0) is 24.8. The summed E-state index contributed by atoms with van der Waals surface area (Å²) in [5.41, 5.74) is 3.38. The number of rotatable bonds is 8. The van der Waals surface area contributed by atoms with E-state index in [1.807, 2.05) is 58.0 Å². The van der Waals surface area contributed by atoms with E-state index >= 15 is 0 Å². The van der Waals surface area contributed by atoms with E-state index in [0.29, 0.717) is 17.9 Å². The van der Waals surface area contributed by atoms with Gasteiger partial charge in [0.25, 0.3) is 0 Å². The van der Waals surface area contributed by atoms with Gasteiger partial charge in [0.2, 0.25) is 0 Å². The highest BCUT2D eigenvalue weighted by atomic mass is 16.6. The maximum atomic E-state index is 12.7. The Morgan fingerprint density at radius 1 is 0.914 bits per heavy atom. The Labute approximate surface area is 207 Å². The topological polar surface area (TPSA) is 56.6 Å². The molecule has 0 aliphatic carbocycles. The number of nitrogens with zero attached hydrogens (tertiary/aromatic N) is 3. The first-order chi connectivity index (χ1) is 16.8. The van der Waals surface area contributed by atoms with E-state index in [1.54, 1.807) is 0 Å². The number of carbonyl (C=O) groups excluding carboxylic acids is 1. The molecule has 0 radical (unpaired) electrons. The van der Waals surface area contributed by atoms with Crippen molar-refractivity contribution in [1.82, 2.24) is 14.7 Å². The highest BCUT2D eigenvalue weighted by Gasteiger charge is 2.21. The predicted molar refractivity (Wildman–Crippen MR) is 139 cm³/mol. The van der Waals surface area contributed by atoms with Crippen LogP contribution in [0.2, 0.25) is 0 Å². The van der Waals surface area contributed by atoms with E-state index in [4.69, 9.17) is 9.47 Å². The number of ether oxygens (including phenoxy) is 2. The van der Waals surface area contributed by atoms with Gasteiger partial charge in [-0.05, 0) is 51.0 Å². The molecule has 4 rings (SSSR count). The fourth-order valence-corrected chi connectivity index (χ4v) is 3.97. The van der Waals surface area contributed by atoms with Gasteiger partial charge in [0.1, 0.15) is 18.0 Å². The van der Waals surface area contributed by atoms with Gasteiger partial charge in [0, 0.05) is 31.1 Å². The van der Waals surface area contributed by atoms with Crippen molar-refractivity contribution in [3.8, 4) is 5.75 Å². The molecule has 0 unspecified atom stereocenters. The Bertz CT molecular complexity index is 1220. The second kappa shape index (κ2) is 10.7. The molecule has 1 heterocycles. The van der Waals surface area contributed by atoms with Crippen molar-refractivity contribution in [2.24, 2.45) is 0 Å². The summed E-state index contributed by atoms with van der Waals surface area (Å²) in [5.74, 6) is 0.696. The lowest BCUT2D eigenvalue weighted by Crippen LogP contribution is -2.28. The lowest BCUT2D eigenvalue weighted by molar-refractivity contribution is 0.0522. The number of hydrogen-bond acceptors (Lipinski definition) is 5. The van der Waals surface area contributed by atoms with Crippen molar-refractivity contribution in [3.63, 3.8) is 0 Å². The van der Waals surface area contributed by atoms with Crippen LogP contribution in [-0.4, -0.2) is 39.5 Å². The second-order valence-electron chi connectivity index (χ2n) is 9.69. The number of aromatic nitrogens is 2. The standard InChI is InChI=1S/C29H33N3O3/c1-22-26-16-15-25(19-27(26)32(30-22)28(33)35-29(2,3)4)34-18-17-31(20-23-11-7-5-8-12-23)21-24-13-9-6-10-14-24/h5-16,19H,17-18,20-21H2,1-4H3. The van der Waals surface area contributed by atoms with Gasteiger partial charge in [-0.2, -0.15) is 9.78 Å². The number of hydrogen-bond donors (Lipinski definition) is 0. The van der Waals surface area contributed by atoms with E-state index < -0.39 is 11.7 Å². The Morgan fingerprint density at radius 3 is 2.09 bits per heavy atom. The molecule has 0 spiro atoms. The monoisotopic (exact) mass is 471 g/mol. The highest BCUT2D eigenvalue weighted by molar-refractivity contribution is 5.90. The van der Waals surface area contributed by atoms with Crippen LogP contribution >= 0.6 is 0 Å². The summed E-state index contributed by atoms with van der Waals surface area (Å²) in [6.45, 7) is 10.4. The average Bonchev–Trinajstić information content (AvgIpc) is 3.15. The van der Waals surface area contributed by atoms with Gasteiger partial charge in [-0.3, -0.25) is 4.90 Å². The first kappa shape index (κ1) is 24.5. The molecule has 0 amide bonds. The number of fused-ring (bicyclic) bond motifs is 1. The molecule has 0 saturated heterocycles. The first-order valence-corrected chi connectivity index (χ1v) is 11.9. The molecular formula is C29H33N3O3. The summed E-state index contributed by atoms with van der Waals surface area (Å²) < 4.78 is 13.0. The van der Waals surface area contributed by atoms with Crippen LogP contribution in [0.15, 0.2) is 78.9 Å². The van der Waals surface area contributed by atoms with E-state index in [0.717, 1.165) is 30.7 Å². The molecule has 0 N–H and O–H groups in total. The summed E-state index contributed by atoms with van der Waals surface area (Å²) in [6, 6.07) is 26.7. The van der Waals surface area contributed by atoms with Gasteiger partial charge in [-0.25, -0.2) is 4.79 Å². The smallest absolute Gasteiger partial charge is 0.435 e. The Hall–Kier alpha value is -3.64. The minimum absolute atomic E-state index is 0.496. The second-order valence-corrected chi connectivity index (χ2v) is 9.69. The zero-order valence-electron chi connectivity index (χ0n) is 20.9. The highest BCUT2D eigenvalue weighted by Crippen LogP contribution is 2.25. The van der Waals surface area contributed by atoms with Crippen LogP contribution in [0.3, 0.4) is 0 Å². The van der Waals surface area contributed by atoms with Gasteiger partial charge >= 0.3 is 6.09 Å². The minimum atomic E-state index is -0.599. The van der Waals surface area contributed by atoms with Crippen molar-refractivity contribution < 1.29 is 14.3 Å². The SMILES string of the molecule is Cc1nn(C(=O)OC(C)(C)C)c2cc(OCCN(Cc3ccccc3)Cc3ccccc3)ccc12.